The number of halogens is 1. The highest BCUT2D eigenvalue weighted by molar-refractivity contribution is 14.1. The van der Waals surface area contributed by atoms with Crippen molar-refractivity contribution in [1.82, 2.24) is 0 Å². The molecule has 0 aromatic heterocycles. The van der Waals surface area contributed by atoms with E-state index in [2.05, 4.69) is 89.2 Å². The van der Waals surface area contributed by atoms with E-state index in [1.54, 1.807) is 0 Å². The van der Waals surface area contributed by atoms with Crippen LogP contribution >= 0.6 is 22.6 Å². The smallest absolute Gasteiger partial charge is 0.129 e. The fraction of sp³-hybridized carbons (Fsp3) is 0.259. The summed E-state index contributed by atoms with van der Waals surface area (Å²) in [6, 6.07) is 15.9. The van der Waals surface area contributed by atoms with E-state index < -0.39 is 8.07 Å². The minimum atomic E-state index is -1.32. The van der Waals surface area contributed by atoms with Crippen molar-refractivity contribution in [2.24, 2.45) is 0 Å². The van der Waals surface area contributed by atoms with Crippen LogP contribution in [0.15, 0.2) is 48.5 Å². The lowest BCUT2D eigenvalue weighted by Gasteiger charge is -2.02. The van der Waals surface area contributed by atoms with Crippen LogP contribution in [0.2, 0.25) is 19.6 Å². The van der Waals surface area contributed by atoms with E-state index in [4.69, 9.17) is 9.47 Å². The van der Waals surface area contributed by atoms with Gasteiger partial charge in [0.15, 0.2) is 0 Å². The van der Waals surface area contributed by atoms with Crippen LogP contribution < -0.4 is 0 Å². The Morgan fingerprint density at radius 1 is 0.613 bits per heavy atom. The van der Waals surface area contributed by atoms with Crippen molar-refractivity contribution >= 4 is 30.7 Å². The molecule has 0 spiro atoms. The van der Waals surface area contributed by atoms with Gasteiger partial charge in [-0.05, 0) is 71.1 Å². The first kappa shape index (κ1) is 24.8. The Kier molecular flexibility index (Phi) is 11.0. The summed E-state index contributed by atoms with van der Waals surface area (Å²) in [4.78, 5) is 0. The molecule has 0 fully saturated rings. The second-order valence-electron chi connectivity index (χ2n) is 7.53. The molecular weight excluding hydrogens is 511 g/mol. The molecule has 0 amide bonds. The second kappa shape index (κ2) is 13.8. The van der Waals surface area contributed by atoms with E-state index in [0.717, 1.165) is 16.7 Å². The zero-order valence-corrected chi connectivity index (χ0v) is 21.3. The molecule has 156 valence electrons. The Labute approximate surface area is 201 Å². The molecule has 0 aliphatic carbocycles. The first-order valence-electron chi connectivity index (χ1n) is 9.90. The van der Waals surface area contributed by atoms with Gasteiger partial charge in [-0.2, -0.15) is 0 Å². The van der Waals surface area contributed by atoms with Gasteiger partial charge in [0, 0.05) is 20.3 Å². The topological polar surface area (TPSA) is 18.5 Å². The maximum absolute atomic E-state index is 5.44. The molecule has 0 radical (unpaired) electrons. The van der Waals surface area contributed by atoms with Gasteiger partial charge in [0.05, 0.1) is 0 Å². The molecule has 2 aromatic rings. The van der Waals surface area contributed by atoms with E-state index in [-0.39, 0.29) is 0 Å². The van der Waals surface area contributed by atoms with Crippen LogP contribution in [-0.4, -0.2) is 34.5 Å². The first-order chi connectivity index (χ1) is 14.9. The molecule has 0 unspecified atom stereocenters. The van der Waals surface area contributed by atoms with Crippen LogP contribution in [0.25, 0.3) is 0 Å². The molecular formula is C27H25IO2Si. The molecule has 0 saturated heterocycles. The molecule has 0 aliphatic rings. The zero-order chi connectivity index (χ0) is 22.4. The fourth-order valence-corrected chi connectivity index (χ4v) is 3.15. The molecule has 0 aliphatic heterocycles. The molecule has 0 heterocycles. The largest absolute Gasteiger partial charge is 0.356 e. The third-order valence-electron chi connectivity index (χ3n) is 3.59. The molecule has 2 rings (SSSR count). The lowest BCUT2D eigenvalue weighted by atomic mass is 10.1. The summed E-state index contributed by atoms with van der Waals surface area (Å²) in [5, 5.41) is 0. The molecule has 2 nitrogen and oxygen atoms in total. The van der Waals surface area contributed by atoms with Crippen molar-refractivity contribution in [2.45, 2.75) is 19.6 Å². The van der Waals surface area contributed by atoms with Crippen molar-refractivity contribution in [3.05, 3.63) is 68.8 Å². The van der Waals surface area contributed by atoms with Crippen molar-refractivity contribution in [3.8, 4) is 47.0 Å². The van der Waals surface area contributed by atoms with Crippen LogP contribution in [-0.2, 0) is 9.47 Å². The van der Waals surface area contributed by atoms with Crippen molar-refractivity contribution in [2.75, 3.05) is 26.4 Å². The Morgan fingerprint density at radius 3 is 1.35 bits per heavy atom. The number of benzene rings is 2. The van der Waals surface area contributed by atoms with E-state index in [1.807, 2.05) is 48.5 Å². The SMILES string of the molecule is C[Si](C)(C)C#CCOCC#Cc1ccc(C#CCOCC#Cc2ccc(I)cc2)cc1. The van der Waals surface area contributed by atoms with Crippen LogP contribution in [0.5, 0.6) is 0 Å². The predicted molar refractivity (Wildman–Crippen MR) is 139 cm³/mol. The quantitative estimate of drug-likeness (QED) is 0.238. The lowest BCUT2D eigenvalue weighted by Crippen LogP contribution is -2.16. The zero-order valence-electron chi connectivity index (χ0n) is 18.1. The lowest BCUT2D eigenvalue weighted by molar-refractivity contribution is 0.204. The summed E-state index contributed by atoms with van der Waals surface area (Å²) < 4.78 is 12.1. The molecule has 0 atom stereocenters. The highest BCUT2D eigenvalue weighted by atomic mass is 127. The Balaban J connectivity index is 1.68. The third-order valence-corrected chi connectivity index (χ3v) is 5.23. The second-order valence-corrected chi connectivity index (χ2v) is 13.5. The summed E-state index contributed by atoms with van der Waals surface area (Å²) in [5.74, 6) is 21.3. The van der Waals surface area contributed by atoms with E-state index in [9.17, 15) is 0 Å². The van der Waals surface area contributed by atoms with Gasteiger partial charge in [0.25, 0.3) is 0 Å². The Morgan fingerprint density at radius 2 is 0.968 bits per heavy atom. The minimum Gasteiger partial charge on any atom is -0.356 e. The average Bonchev–Trinajstić information content (AvgIpc) is 2.74. The Bertz CT molecular complexity index is 1080. The number of ether oxygens (including phenoxy) is 2. The van der Waals surface area contributed by atoms with Crippen LogP contribution in [0.1, 0.15) is 16.7 Å². The molecule has 2 aromatic carbocycles. The van der Waals surface area contributed by atoms with Gasteiger partial charge in [-0.3, -0.25) is 0 Å². The monoisotopic (exact) mass is 536 g/mol. The van der Waals surface area contributed by atoms with E-state index in [1.165, 1.54) is 3.57 Å². The summed E-state index contributed by atoms with van der Waals surface area (Å²) in [5.41, 5.74) is 6.11. The average molecular weight is 536 g/mol. The third kappa shape index (κ3) is 12.1. The maximum Gasteiger partial charge on any atom is 0.129 e. The van der Waals surface area contributed by atoms with Crippen molar-refractivity contribution < 1.29 is 9.47 Å². The highest BCUT2D eigenvalue weighted by Gasteiger charge is 2.06. The van der Waals surface area contributed by atoms with Crippen molar-refractivity contribution in [1.29, 1.82) is 0 Å². The van der Waals surface area contributed by atoms with Gasteiger partial charge in [0.2, 0.25) is 0 Å². The highest BCUT2D eigenvalue weighted by Crippen LogP contribution is 2.05. The first-order valence-corrected chi connectivity index (χ1v) is 14.5. The van der Waals surface area contributed by atoms with Gasteiger partial charge >= 0.3 is 0 Å². The van der Waals surface area contributed by atoms with Crippen LogP contribution in [0, 0.1) is 50.6 Å². The van der Waals surface area contributed by atoms with Gasteiger partial charge < -0.3 is 9.47 Å². The standard InChI is InChI=1S/C27H25IO2Si/c1-31(2,3)23-7-22-30-21-5-9-25-13-11-24(12-14-25)8-4-19-29-20-6-10-26-15-17-27(28)18-16-26/h11-18H,19-22H2,1-3H3. The van der Waals surface area contributed by atoms with Gasteiger partial charge in [-0.1, -0.05) is 61.1 Å². The molecule has 31 heavy (non-hydrogen) atoms. The fourth-order valence-electron chi connectivity index (χ4n) is 2.19. The van der Waals surface area contributed by atoms with Crippen molar-refractivity contribution in [3.63, 3.8) is 0 Å². The summed E-state index contributed by atoms with van der Waals surface area (Å²) >= 11 is 2.27. The van der Waals surface area contributed by atoms with Gasteiger partial charge in [0.1, 0.15) is 34.5 Å². The number of rotatable bonds is 4. The van der Waals surface area contributed by atoms with Gasteiger partial charge in [-0.25, -0.2) is 0 Å². The minimum absolute atomic E-state index is 0.348. The Hall–Kier alpha value is -2.45. The normalized spacial score (nSPS) is 9.68. The van der Waals surface area contributed by atoms with Crippen LogP contribution in [0.3, 0.4) is 0 Å². The molecule has 0 bridgehead atoms. The van der Waals surface area contributed by atoms with Crippen LogP contribution in [0.4, 0.5) is 0 Å². The van der Waals surface area contributed by atoms with E-state index >= 15 is 0 Å². The summed E-state index contributed by atoms with van der Waals surface area (Å²) in [6.45, 7) is 8.16. The van der Waals surface area contributed by atoms with E-state index in [0.29, 0.717) is 26.4 Å². The van der Waals surface area contributed by atoms with Gasteiger partial charge in [-0.15, -0.1) is 5.54 Å². The maximum atomic E-state index is 5.44. The predicted octanol–water partition coefficient (Wildman–Crippen LogP) is 4.96. The summed E-state index contributed by atoms with van der Waals surface area (Å²) in [6.07, 6.45) is 0. The summed E-state index contributed by atoms with van der Waals surface area (Å²) in [7, 11) is -1.32. The molecule has 0 N–H and O–H groups in total. The number of hydrogen-bond donors (Lipinski definition) is 0. The molecule has 4 heteroatoms. The molecule has 0 saturated carbocycles. The number of hydrogen-bond acceptors (Lipinski definition) is 2.